The highest BCUT2D eigenvalue weighted by Crippen LogP contribution is 2.28. The molecule has 3 rings (SSSR count). The van der Waals surface area contributed by atoms with Crippen LogP contribution in [0.1, 0.15) is 16.1 Å². The van der Waals surface area contributed by atoms with Crippen molar-refractivity contribution in [2.24, 2.45) is 0 Å². The number of aromatic nitrogens is 2. The van der Waals surface area contributed by atoms with Gasteiger partial charge in [0, 0.05) is 0 Å². The second-order valence-corrected chi connectivity index (χ2v) is 7.08. The zero-order chi connectivity index (χ0) is 19.9. The zero-order valence-corrected chi connectivity index (χ0v) is 16.7. The van der Waals surface area contributed by atoms with Crippen LogP contribution in [0.2, 0.25) is 0 Å². The molecule has 0 fully saturated rings. The van der Waals surface area contributed by atoms with Gasteiger partial charge in [-0.3, -0.25) is 4.79 Å². The van der Waals surface area contributed by atoms with Gasteiger partial charge in [0.05, 0.1) is 20.6 Å². The Morgan fingerprint density at radius 1 is 1.04 bits per heavy atom. The Morgan fingerprint density at radius 2 is 1.79 bits per heavy atom. The van der Waals surface area contributed by atoms with Gasteiger partial charge in [-0.25, -0.2) is 0 Å². The summed E-state index contributed by atoms with van der Waals surface area (Å²) in [6, 6.07) is 13.1. The lowest BCUT2D eigenvalue weighted by Gasteiger charge is -2.09. The smallest absolute Gasteiger partial charge is 0.230 e. The molecule has 0 atom stereocenters. The number of carbonyl (C=O) groups is 1. The molecule has 146 valence electrons. The van der Waals surface area contributed by atoms with E-state index in [1.807, 2.05) is 37.3 Å². The van der Waals surface area contributed by atoms with E-state index in [9.17, 15) is 4.79 Å². The molecular weight excluding hydrogens is 378 g/mol. The molecule has 0 aliphatic rings. The number of nitrogens with one attached hydrogen (secondary N) is 1. The average molecular weight is 399 g/mol. The number of nitrogens with zero attached hydrogens (tertiary/aromatic N) is 2. The lowest BCUT2D eigenvalue weighted by atomic mass is 10.1. The van der Waals surface area contributed by atoms with Gasteiger partial charge in [-0.1, -0.05) is 35.1 Å². The Labute approximate surface area is 167 Å². The van der Waals surface area contributed by atoms with Crippen LogP contribution in [0, 0.1) is 6.92 Å². The molecule has 0 saturated carbocycles. The summed E-state index contributed by atoms with van der Waals surface area (Å²) in [5.41, 5.74) is 1.98. The van der Waals surface area contributed by atoms with E-state index in [0.29, 0.717) is 28.2 Å². The van der Waals surface area contributed by atoms with E-state index in [0.717, 1.165) is 11.3 Å². The fourth-order valence-electron chi connectivity index (χ4n) is 2.48. The van der Waals surface area contributed by atoms with Gasteiger partial charge >= 0.3 is 0 Å². The average Bonchev–Trinajstić information content (AvgIpc) is 3.14. The summed E-state index contributed by atoms with van der Waals surface area (Å²) in [5, 5.41) is 11.9. The summed E-state index contributed by atoms with van der Waals surface area (Å²) in [7, 11) is 3.13. The van der Waals surface area contributed by atoms with E-state index in [-0.39, 0.29) is 12.3 Å². The lowest BCUT2D eigenvalue weighted by Crippen LogP contribution is -2.14. The van der Waals surface area contributed by atoms with Gasteiger partial charge in [-0.2, -0.15) is 0 Å². The largest absolute Gasteiger partial charge is 0.493 e. The lowest BCUT2D eigenvalue weighted by molar-refractivity contribution is -0.115. The number of benzene rings is 2. The topological polar surface area (TPSA) is 82.6 Å². The highest BCUT2D eigenvalue weighted by molar-refractivity contribution is 7.15. The molecule has 3 aromatic rings. The van der Waals surface area contributed by atoms with Crippen molar-refractivity contribution in [1.29, 1.82) is 0 Å². The van der Waals surface area contributed by atoms with Gasteiger partial charge in [0.1, 0.15) is 12.4 Å². The maximum atomic E-state index is 12.3. The Hall–Kier alpha value is -3.13. The number of amides is 1. The Morgan fingerprint density at radius 3 is 2.50 bits per heavy atom. The van der Waals surface area contributed by atoms with E-state index in [2.05, 4.69) is 15.5 Å². The van der Waals surface area contributed by atoms with E-state index < -0.39 is 0 Å². The van der Waals surface area contributed by atoms with Crippen LogP contribution in [0.15, 0.2) is 42.5 Å². The molecule has 0 aliphatic heterocycles. The van der Waals surface area contributed by atoms with Crippen LogP contribution in [0.5, 0.6) is 17.2 Å². The molecule has 0 spiro atoms. The van der Waals surface area contributed by atoms with Crippen LogP contribution < -0.4 is 19.5 Å². The monoisotopic (exact) mass is 399 g/mol. The summed E-state index contributed by atoms with van der Waals surface area (Å²) < 4.78 is 16.1. The Balaban J connectivity index is 1.54. The quantitative estimate of drug-likeness (QED) is 0.623. The highest BCUT2D eigenvalue weighted by Gasteiger charge is 2.11. The van der Waals surface area contributed by atoms with Crippen molar-refractivity contribution in [2.45, 2.75) is 20.0 Å². The van der Waals surface area contributed by atoms with Crippen LogP contribution in [-0.2, 0) is 17.8 Å². The number of hydrogen-bond acceptors (Lipinski definition) is 7. The summed E-state index contributed by atoms with van der Waals surface area (Å²) in [4.78, 5) is 12.3. The van der Waals surface area contributed by atoms with Crippen molar-refractivity contribution in [1.82, 2.24) is 10.2 Å². The molecule has 1 aromatic heterocycles. The summed E-state index contributed by atoms with van der Waals surface area (Å²) in [6.45, 7) is 2.32. The molecule has 0 bridgehead atoms. The molecule has 1 amide bonds. The first kappa shape index (κ1) is 19.6. The molecule has 2 aromatic carbocycles. The van der Waals surface area contributed by atoms with Crippen LogP contribution in [0.4, 0.5) is 5.13 Å². The first-order valence-electron chi connectivity index (χ1n) is 8.60. The van der Waals surface area contributed by atoms with Crippen LogP contribution in [0.3, 0.4) is 0 Å². The SMILES string of the molecule is COc1ccc(CC(=O)Nc2nnc(COc3ccc(C)cc3)s2)cc1OC. The number of ether oxygens (including phenoxy) is 3. The van der Waals surface area contributed by atoms with Crippen molar-refractivity contribution in [3.8, 4) is 17.2 Å². The van der Waals surface area contributed by atoms with Crippen molar-refractivity contribution in [2.75, 3.05) is 19.5 Å². The van der Waals surface area contributed by atoms with Gasteiger partial charge in [-0.15, -0.1) is 10.2 Å². The third-order valence-electron chi connectivity index (χ3n) is 3.91. The van der Waals surface area contributed by atoms with Crippen LogP contribution in [-0.4, -0.2) is 30.3 Å². The highest BCUT2D eigenvalue weighted by atomic mass is 32.1. The standard InChI is InChI=1S/C20H21N3O4S/c1-13-4-7-15(8-5-13)27-12-19-22-23-20(28-19)21-18(24)11-14-6-9-16(25-2)17(10-14)26-3/h4-10H,11-12H2,1-3H3,(H,21,23,24). The van der Waals surface area contributed by atoms with Crippen molar-refractivity contribution in [3.63, 3.8) is 0 Å². The second kappa shape index (κ2) is 9.18. The minimum Gasteiger partial charge on any atom is -0.493 e. The minimum atomic E-state index is -0.186. The predicted octanol–water partition coefficient (Wildman–Crippen LogP) is 3.62. The number of rotatable bonds is 8. The molecular formula is C20H21N3O4S. The first-order valence-corrected chi connectivity index (χ1v) is 9.41. The van der Waals surface area contributed by atoms with Gasteiger partial charge < -0.3 is 19.5 Å². The van der Waals surface area contributed by atoms with E-state index in [1.54, 1.807) is 26.4 Å². The van der Waals surface area contributed by atoms with Crippen LogP contribution >= 0.6 is 11.3 Å². The molecule has 7 nitrogen and oxygen atoms in total. The van der Waals surface area contributed by atoms with Crippen molar-refractivity contribution in [3.05, 3.63) is 58.6 Å². The molecule has 0 unspecified atom stereocenters. The molecule has 0 aliphatic carbocycles. The maximum absolute atomic E-state index is 12.3. The third kappa shape index (κ3) is 5.20. The predicted molar refractivity (Wildman–Crippen MR) is 107 cm³/mol. The fourth-order valence-corrected chi connectivity index (χ4v) is 3.15. The van der Waals surface area contributed by atoms with E-state index in [1.165, 1.54) is 16.9 Å². The molecule has 0 radical (unpaired) electrons. The molecule has 1 heterocycles. The van der Waals surface area contributed by atoms with Gasteiger partial charge in [-0.05, 0) is 36.8 Å². The normalized spacial score (nSPS) is 10.4. The number of carbonyl (C=O) groups excluding carboxylic acids is 1. The number of hydrogen-bond donors (Lipinski definition) is 1. The van der Waals surface area contributed by atoms with E-state index in [4.69, 9.17) is 14.2 Å². The number of methoxy groups -OCH3 is 2. The molecule has 28 heavy (non-hydrogen) atoms. The van der Waals surface area contributed by atoms with Crippen LogP contribution in [0.25, 0.3) is 0 Å². The van der Waals surface area contributed by atoms with Gasteiger partial charge in [0.15, 0.2) is 16.5 Å². The first-order chi connectivity index (χ1) is 13.6. The molecule has 8 heteroatoms. The second-order valence-electron chi connectivity index (χ2n) is 6.02. The maximum Gasteiger partial charge on any atom is 0.230 e. The zero-order valence-electron chi connectivity index (χ0n) is 15.9. The summed E-state index contributed by atoms with van der Waals surface area (Å²) >= 11 is 1.28. The van der Waals surface area contributed by atoms with Gasteiger partial charge in [0.2, 0.25) is 11.0 Å². The minimum absolute atomic E-state index is 0.186. The number of aryl methyl sites for hydroxylation is 1. The Kier molecular flexibility index (Phi) is 6.44. The van der Waals surface area contributed by atoms with Crippen molar-refractivity contribution >= 4 is 22.4 Å². The third-order valence-corrected chi connectivity index (χ3v) is 4.72. The fraction of sp³-hybridized carbons (Fsp3) is 0.250. The molecule has 1 N–H and O–H groups in total. The summed E-state index contributed by atoms with van der Waals surface area (Å²) in [5.74, 6) is 1.78. The Bertz CT molecular complexity index is 941. The van der Waals surface area contributed by atoms with Gasteiger partial charge in [0.25, 0.3) is 0 Å². The van der Waals surface area contributed by atoms with Crippen molar-refractivity contribution < 1.29 is 19.0 Å². The number of anilines is 1. The molecule has 0 saturated heterocycles. The summed E-state index contributed by atoms with van der Waals surface area (Å²) in [6.07, 6.45) is 0.190. The van der Waals surface area contributed by atoms with E-state index >= 15 is 0 Å².